The maximum absolute atomic E-state index is 5.81. The van der Waals surface area contributed by atoms with Gasteiger partial charge >= 0.3 is 0 Å². The number of aryl methyl sites for hydroxylation is 1. The molecule has 2 N–H and O–H groups in total. The molecule has 2 aromatic rings. The molecule has 0 spiro atoms. The number of aromatic nitrogens is 2. The van der Waals surface area contributed by atoms with E-state index in [0.717, 1.165) is 37.5 Å². The molecule has 1 aromatic heterocycles. The molecule has 4 heteroatoms. The van der Waals surface area contributed by atoms with Gasteiger partial charge in [-0.2, -0.15) is 0 Å². The Kier molecular flexibility index (Phi) is 5.62. The molecule has 20 heavy (non-hydrogen) atoms. The fourth-order valence-electron chi connectivity index (χ4n) is 2.06. The zero-order valence-corrected chi connectivity index (χ0v) is 12.2. The van der Waals surface area contributed by atoms with Crippen LogP contribution in [-0.4, -0.2) is 22.6 Å². The van der Waals surface area contributed by atoms with Crippen molar-refractivity contribution in [1.29, 1.82) is 0 Å². The zero-order valence-electron chi connectivity index (χ0n) is 12.2. The number of imidazole rings is 1. The summed E-state index contributed by atoms with van der Waals surface area (Å²) in [5, 5.41) is 3.46. The normalized spacial score (nSPS) is 10.9. The number of rotatable bonds is 8. The van der Waals surface area contributed by atoms with Crippen molar-refractivity contribution in [2.75, 3.05) is 6.54 Å². The van der Waals surface area contributed by atoms with Crippen LogP contribution in [0, 0.1) is 0 Å². The number of H-pyrrole nitrogens is 1. The Morgan fingerprint density at radius 3 is 2.90 bits per heavy atom. The van der Waals surface area contributed by atoms with Crippen molar-refractivity contribution < 1.29 is 4.74 Å². The van der Waals surface area contributed by atoms with Crippen molar-refractivity contribution >= 4 is 0 Å². The van der Waals surface area contributed by atoms with E-state index in [1.54, 1.807) is 6.20 Å². The lowest BCUT2D eigenvalue weighted by molar-refractivity contribution is 0.239. The van der Waals surface area contributed by atoms with Crippen LogP contribution in [0.15, 0.2) is 36.7 Å². The summed E-state index contributed by atoms with van der Waals surface area (Å²) in [6, 6.07) is 8.20. The Hall–Kier alpha value is -1.81. The molecular weight excluding hydrogens is 250 g/mol. The molecule has 1 aromatic carbocycles. The number of nitrogens with one attached hydrogen (secondary N) is 2. The summed E-state index contributed by atoms with van der Waals surface area (Å²) in [5.74, 6) is 2.02. The van der Waals surface area contributed by atoms with Crippen LogP contribution in [0.4, 0.5) is 0 Å². The van der Waals surface area contributed by atoms with Gasteiger partial charge in [-0.15, -0.1) is 0 Å². The molecule has 0 saturated heterocycles. The molecule has 4 nitrogen and oxygen atoms in total. The minimum Gasteiger partial charge on any atom is -0.491 e. The molecule has 0 radical (unpaired) electrons. The van der Waals surface area contributed by atoms with Crippen LogP contribution in [0.3, 0.4) is 0 Å². The van der Waals surface area contributed by atoms with Gasteiger partial charge in [0.15, 0.2) is 0 Å². The van der Waals surface area contributed by atoms with Crippen LogP contribution in [0.25, 0.3) is 0 Å². The van der Waals surface area contributed by atoms with Gasteiger partial charge in [0.2, 0.25) is 0 Å². The van der Waals surface area contributed by atoms with Crippen molar-refractivity contribution in [3.05, 3.63) is 48.0 Å². The summed E-state index contributed by atoms with van der Waals surface area (Å²) in [6.45, 7) is 5.90. The smallest absolute Gasteiger partial charge is 0.124 e. The van der Waals surface area contributed by atoms with Gasteiger partial charge in [0.1, 0.15) is 11.6 Å². The number of nitrogens with zero attached hydrogens (tertiary/aromatic N) is 1. The molecule has 0 fully saturated rings. The topological polar surface area (TPSA) is 49.9 Å². The summed E-state index contributed by atoms with van der Waals surface area (Å²) >= 11 is 0. The summed E-state index contributed by atoms with van der Waals surface area (Å²) < 4.78 is 5.81. The summed E-state index contributed by atoms with van der Waals surface area (Å²) in [5.41, 5.74) is 1.21. The van der Waals surface area contributed by atoms with Crippen LogP contribution in [0.1, 0.15) is 31.7 Å². The fraction of sp³-hybridized carbons (Fsp3) is 0.438. The SMILES string of the molecule is CC(C)Oc1ccccc1CNCCCc1ncc[nH]1. The maximum atomic E-state index is 5.81. The van der Waals surface area contributed by atoms with Crippen molar-refractivity contribution in [2.45, 2.75) is 39.3 Å². The van der Waals surface area contributed by atoms with Crippen LogP contribution in [-0.2, 0) is 13.0 Å². The number of benzene rings is 1. The van der Waals surface area contributed by atoms with Crippen molar-refractivity contribution in [3.63, 3.8) is 0 Å². The molecule has 0 aliphatic heterocycles. The lowest BCUT2D eigenvalue weighted by Crippen LogP contribution is -2.17. The number of aromatic amines is 1. The number of ether oxygens (including phenoxy) is 1. The van der Waals surface area contributed by atoms with E-state index in [1.807, 2.05) is 38.2 Å². The highest BCUT2D eigenvalue weighted by Crippen LogP contribution is 2.18. The third-order valence-electron chi connectivity index (χ3n) is 2.97. The highest BCUT2D eigenvalue weighted by Gasteiger charge is 2.04. The molecule has 0 bridgehead atoms. The first-order valence-corrected chi connectivity index (χ1v) is 7.19. The first-order valence-electron chi connectivity index (χ1n) is 7.19. The second-order valence-electron chi connectivity index (χ2n) is 5.09. The van der Waals surface area contributed by atoms with Crippen LogP contribution >= 0.6 is 0 Å². The standard InChI is InChI=1S/C16H23N3O/c1-13(2)20-15-7-4-3-6-14(15)12-17-9-5-8-16-18-10-11-19-16/h3-4,6-7,10-11,13,17H,5,8-9,12H2,1-2H3,(H,18,19). The molecule has 0 atom stereocenters. The van der Waals surface area contributed by atoms with Gasteiger partial charge in [-0.3, -0.25) is 0 Å². The number of hydrogen-bond acceptors (Lipinski definition) is 3. The Balaban J connectivity index is 1.73. The van der Waals surface area contributed by atoms with Gasteiger partial charge in [-0.25, -0.2) is 4.98 Å². The van der Waals surface area contributed by atoms with Crippen molar-refractivity contribution in [3.8, 4) is 5.75 Å². The Morgan fingerprint density at radius 1 is 1.30 bits per heavy atom. The molecule has 0 saturated carbocycles. The largest absolute Gasteiger partial charge is 0.491 e. The van der Waals surface area contributed by atoms with E-state index in [9.17, 15) is 0 Å². The predicted molar refractivity (Wildman–Crippen MR) is 80.8 cm³/mol. The zero-order chi connectivity index (χ0) is 14.2. The van der Waals surface area contributed by atoms with E-state index in [-0.39, 0.29) is 6.10 Å². The second-order valence-corrected chi connectivity index (χ2v) is 5.09. The molecule has 0 aliphatic rings. The first-order chi connectivity index (χ1) is 9.75. The van der Waals surface area contributed by atoms with Crippen molar-refractivity contribution in [2.24, 2.45) is 0 Å². The lowest BCUT2D eigenvalue weighted by Gasteiger charge is -2.14. The molecule has 0 amide bonds. The van der Waals surface area contributed by atoms with E-state index in [0.29, 0.717) is 0 Å². The van der Waals surface area contributed by atoms with Gasteiger partial charge in [0.25, 0.3) is 0 Å². The maximum Gasteiger partial charge on any atom is 0.124 e. The van der Waals surface area contributed by atoms with Crippen LogP contribution in [0.5, 0.6) is 5.75 Å². The van der Waals surface area contributed by atoms with E-state index in [2.05, 4.69) is 21.4 Å². The van der Waals surface area contributed by atoms with E-state index in [4.69, 9.17) is 4.74 Å². The molecule has 108 valence electrons. The Bertz CT molecular complexity index is 494. The first kappa shape index (κ1) is 14.6. The van der Waals surface area contributed by atoms with Crippen molar-refractivity contribution in [1.82, 2.24) is 15.3 Å². The van der Waals surface area contributed by atoms with Gasteiger partial charge < -0.3 is 15.0 Å². The van der Waals surface area contributed by atoms with Gasteiger partial charge in [-0.1, -0.05) is 18.2 Å². The fourth-order valence-corrected chi connectivity index (χ4v) is 2.06. The second kappa shape index (κ2) is 7.70. The molecular formula is C16H23N3O. The van der Waals surface area contributed by atoms with E-state index < -0.39 is 0 Å². The molecule has 0 aliphatic carbocycles. The third kappa shape index (κ3) is 4.70. The van der Waals surface area contributed by atoms with Gasteiger partial charge in [-0.05, 0) is 32.9 Å². The van der Waals surface area contributed by atoms with E-state index in [1.165, 1.54) is 5.56 Å². The number of hydrogen-bond donors (Lipinski definition) is 2. The monoisotopic (exact) mass is 273 g/mol. The summed E-state index contributed by atoms with van der Waals surface area (Å²) in [6.07, 6.45) is 5.91. The lowest BCUT2D eigenvalue weighted by atomic mass is 10.2. The van der Waals surface area contributed by atoms with E-state index >= 15 is 0 Å². The van der Waals surface area contributed by atoms with Crippen LogP contribution < -0.4 is 10.1 Å². The third-order valence-corrected chi connectivity index (χ3v) is 2.97. The average molecular weight is 273 g/mol. The Labute approximate surface area is 120 Å². The number of para-hydroxylation sites is 1. The quantitative estimate of drug-likeness (QED) is 0.727. The molecule has 1 heterocycles. The predicted octanol–water partition coefficient (Wildman–Crippen LogP) is 2.92. The highest BCUT2D eigenvalue weighted by molar-refractivity contribution is 5.33. The molecule has 2 rings (SSSR count). The van der Waals surface area contributed by atoms with Gasteiger partial charge in [0, 0.05) is 30.9 Å². The summed E-state index contributed by atoms with van der Waals surface area (Å²) in [4.78, 5) is 7.33. The minimum absolute atomic E-state index is 0.204. The highest BCUT2D eigenvalue weighted by atomic mass is 16.5. The minimum atomic E-state index is 0.204. The van der Waals surface area contributed by atoms with Crippen LogP contribution in [0.2, 0.25) is 0 Å². The average Bonchev–Trinajstić information content (AvgIpc) is 2.93. The van der Waals surface area contributed by atoms with Gasteiger partial charge in [0.05, 0.1) is 6.10 Å². The molecule has 0 unspecified atom stereocenters. The summed E-state index contributed by atoms with van der Waals surface area (Å²) in [7, 11) is 0. The Morgan fingerprint density at radius 2 is 2.15 bits per heavy atom.